The molecule has 0 saturated heterocycles. The Morgan fingerprint density at radius 3 is 2.69 bits per heavy atom. The lowest BCUT2D eigenvalue weighted by Crippen LogP contribution is -2.07. The number of hydrogen-bond donors (Lipinski definition) is 1. The van der Waals surface area contributed by atoms with E-state index in [4.69, 9.17) is 0 Å². The summed E-state index contributed by atoms with van der Waals surface area (Å²) < 4.78 is 4.73. The van der Waals surface area contributed by atoms with Gasteiger partial charge in [-0.05, 0) is 37.6 Å². The quantitative estimate of drug-likeness (QED) is 0.623. The summed E-state index contributed by atoms with van der Waals surface area (Å²) in [6, 6.07) is 8.06. The first kappa shape index (κ1) is 18.1. The fourth-order valence-corrected chi connectivity index (χ4v) is 2.85. The van der Waals surface area contributed by atoms with E-state index in [1.807, 2.05) is 49.0 Å². The van der Waals surface area contributed by atoms with E-state index in [9.17, 15) is 4.79 Å². The molecule has 0 aliphatic rings. The molecule has 0 atom stereocenters. The maximum atomic E-state index is 12.1. The van der Waals surface area contributed by atoms with Crippen molar-refractivity contribution in [3.05, 3.63) is 70.2 Å². The third-order valence-electron chi connectivity index (χ3n) is 4.01. The summed E-state index contributed by atoms with van der Waals surface area (Å²) in [7, 11) is 0. The number of amides is 1. The Morgan fingerprint density at radius 2 is 2.00 bits per heavy atom. The van der Waals surface area contributed by atoms with Crippen LogP contribution in [0.2, 0.25) is 0 Å². The Morgan fingerprint density at radius 1 is 1.23 bits per heavy atom. The van der Waals surface area contributed by atoms with E-state index in [1.165, 1.54) is 6.08 Å². The predicted molar refractivity (Wildman–Crippen MR) is 106 cm³/mol. The van der Waals surface area contributed by atoms with Crippen LogP contribution in [-0.4, -0.2) is 25.5 Å². The minimum atomic E-state index is -0.197. The number of carbonyl (C=O) groups excluding carboxylic acids is 1. The molecule has 1 amide bonds. The van der Waals surface area contributed by atoms with Crippen molar-refractivity contribution in [1.82, 2.24) is 19.6 Å². The van der Waals surface area contributed by atoms with E-state index in [0.29, 0.717) is 12.2 Å². The largest absolute Gasteiger partial charge is 0.320 e. The number of benzene rings is 1. The lowest BCUT2D eigenvalue weighted by Gasteiger charge is -2.02. The van der Waals surface area contributed by atoms with E-state index in [1.54, 1.807) is 23.2 Å². The highest BCUT2D eigenvalue weighted by Crippen LogP contribution is 2.13. The molecule has 0 spiro atoms. The summed E-state index contributed by atoms with van der Waals surface area (Å²) >= 11 is 3.42. The zero-order chi connectivity index (χ0) is 18.5. The van der Waals surface area contributed by atoms with Gasteiger partial charge in [-0.3, -0.25) is 14.2 Å². The van der Waals surface area contributed by atoms with Gasteiger partial charge in [0, 0.05) is 34.5 Å². The van der Waals surface area contributed by atoms with E-state index in [2.05, 4.69) is 31.4 Å². The van der Waals surface area contributed by atoms with Crippen LogP contribution in [0.3, 0.4) is 0 Å². The summed E-state index contributed by atoms with van der Waals surface area (Å²) in [4.78, 5) is 12.1. The second-order valence-electron chi connectivity index (χ2n) is 5.88. The molecule has 0 aliphatic heterocycles. The lowest BCUT2D eigenvalue weighted by atomic mass is 10.2. The molecule has 134 valence electrons. The van der Waals surface area contributed by atoms with Crippen molar-refractivity contribution in [2.24, 2.45) is 0 Å². The average molecular weight is 414 g/mol. The van der Waals surface area contributed by atoms with Crippen LogP contribution in [0.4, 0.5) is 5.69 Å². The summed E-state index contributed by atoms with van der Waals surface area (Å²) in [5.41, 5.74) is 3.78. The number of halogens is 1. The van der Waals surface area contributed by atoms with Crippen LogP contribution in [0, 0.1) is 6.92 Å². The number of aryl methyl sites for hydroxylation is 1. The van der Waals surface area contributed by atoms with Crippen LogP contribution in [0.25, 0.3) is 6.08 Å². The van der Waals surface area contributed by atoms with Crippen molar-refractivity contribution in [1.29, 1.82) is 0 Å². The second-order valence-corrected chi connectivity index (χ2v) is 6.79. The van der Waals surface area contributed by atoms with Crippen molar-refractivity contribution < 1.29 is 4.79 Å². The molecular formula is C19H20BrN5O. The highest BCUT2D eigenvalue weighted by atomic mass is 79.9. The molecule has 0 unspecified atom stereocenters. The van der Waals surface area contributed by atoms with Crippen molar-refractivity contribution in [2.75, 3.05) is 5.32 Å². The predicted octanol–water partition coefficient (Wildman–Crippen LogP) is 3.87. The van der Waals surface area contributed by atoms with Gasteiger partial charge in [0.05, 0.1) is 24.6 Å². The summed E-state index contributed by atoms with van der Waals surface area (Å²) in [5.74, 6) is -0.197. The Balaban J connectivity index is 1.59. The molecule has 1 N–H and O–H groups in total. The average Bonchev–Trinajstić information content (AvgIpc) is 3.21. The highest BCUT2D eigenvalue weighted by Gasteiger charge is 2.05. The third-order valence-corrected chi connectivity index (χ3v) is 4.54. The Bertz CT molecular complexity index is 924. The molecule has 0 aliphatic carbocycles. The molecule has 7 heteroatoms. The third kappa shape index (κ3) is 4.49. The first-order chi connectivity index (χ1) is 12.5. The molecule has 0 bridgehead atoms. The van der Waals surface area contributed by atoms with Gasteiger partial charge in [-0.1, -0.05) is 28.1 Å². The molecule has 1 aromatic carbocycles. The molecule has 2 heterocycles. The van der Waals surface area contributed by atoms with Gasteiger partial charge in [0.2, 0.25) is 5.91 Å². The Labute approximate surface area is 160 Å². The fourth-order valence-electron chi connectivity index (χ4n) is 2.58. The van der Waals surface area contributed by atoms with E-state index in [0.717, 1.165) is 27.8 Å². The van der Waals surface area contributed by atoms with E-state index in [-0.39, 0.29) is 5.91 Å². The van der Waals surface area contributed by atoms with Gasteiger partial charge in [-0.25, -0.2) is 0 Å². The van der Waals surface area contributed by atoms with Crippen LogP contribution >= 0.6 is 15.9 Å². The first-order valence-corrected chi connectivity index (χ1v) is 9.13. The summed E-state index contributed by atoms with van der Waals surface area (Å²) in [5, 5.41) is 11.4. The van der Waals surface area contributed by atoms with Crippen LogP contribution < -0.4 is 5.32 Å². The van der Waals surface area contributed by atoms with Crippen molar-refractivity contribution in [3.8, 4) is 0 Å². The number of carbonyl (C=O) groups is 1. The molecule has 0 radical (unpaired) electrons. The highest BCUT2D eigenvalue weighted by molar-refractivity contribution is 9.10. The number of nitrogens with one attached hydrogen (secondary N) is 1. The Hall–Kier alpha value is -2.67. The summed E-state index contributed by atoms with van der Waals surface area (Å²) in [6.45, 7) is 5.48. The number of aromatic nitrogens is 4. The molecular weight excluding hydrogens is 394 g/mol. The molecule has 6 nitrogen and oxygen atoms in total. The topological polar surface area (TPSA) is 64.7 Å². The molecule has 0 fully saturated rings. The van der Waals surface area contributed by atoms with Gasteiger partial charge in [0.15, 0.2) is 0 Å². The second kappa shape index (κ2) is 8.14. The standard InChI is InChI=1S/C19H20BrN5O/c1-3-25-14(2)16(10-22-25)6-9-19(26)23-18-11-21-24(13-18)12-15-4-7-17(20)8-5-15/h4-11,13H,3,12H2,1-2H3,(H,23,26)/b9-6+. The van der Waals surface area contributed by atoms with Gasteiger partial charge in [-0.15, -0.1) is 0 Å². The van der Waals surface area contributed by atoms with E-state index < -0.39 is 0 Å². The van der Waals surface area contributed by atoms with Crippen molar-refractivity contribution in [2.45, 2.75) is 26.9 Å². The first-order valence-electron chi connectivity index (χ1n) is 8.33. The number of hydrogen-bond acceptors (Lipinski definition) is 3. The number of anilines is 1. The van der Waals surface area contributed by atoms with Gasteiger partial charge in [0.25, 0.3) is 0 Å². The van der Waals surface area contributed by atoms with Crippen molar-refractivity contribution in [3.63, 3.8) is 0 Å². The number of rotatable bonds is 6. The van der Waals surface area contributed by atoms with E-state index >= 15 is 0 Å². The molecule has 26 heavy (non-hydrogen) atoms. The Kier molecular flexibility index (Phi) is 5.68. The maximum absolute atomic E-state index is 12.1. The zero-order valence-electron chi connectivity index (χ0n) is 14.7. The van der Waals surface area contributed by atoms with Crippen LogP contribution in [0.15, 0.2) is 53.4 Å². The van der Waals surface area contributed by atoms with Gasteiger partial charge >= 0.3 is 0 Å². The van der Waals surface area contributed by atoms with Gasteiger partial charge in [-0.2, -0.15) is 10.2 Å². The van der Waals surface area contributed by atoms with Crippen molar-refractivity contribution >= 4 is 33.6 Å². The number of nitrogens with zero attached hydrogens (tertiary/aromatic N) is 4. The molecule has 0 saturated carbocycles. The van der Waals surface area contributed by atoms with Gasteiger partial charge < -0.3 is 5.32 Å². The molecule has 2 aromatic heterocycles. The molecule has 3 aromatic rings. The normalized spacial score (nSPS) is 11.2. The zero-order valence-corrected chi connectivity index (χ0v) is 16.3. The maximum Gasteiger partial charge on any atom is 0.248 e. The van der Waals surface area contributed by atoms with Crippen LogP contribution in [0.1, 0.15) is 23.7 Å². The van der Waals surface area contributed by atoms with Gasteiger partial charge in [0.1, 0.15) is 0 Å². The smallest absolute Gasteiger partial charge is 0.248 e. The monoisotopic (exact) mass is 413 g/mol. The molecule has 3 rings (SSSR count). The van der Waals surface area contributed by atoms with Crippen LogP contribution in [-0.2, 0) is 17.9 Å². The SMILES string of the molecule is CCn1ncc(/C=C/C(=O)Nc2cnn(Cc3ccc(Br)cc3)c2)c1C. The van der Waals surface area contributed by atoms with Crippen LogP contribution in [0.5, 0.6) is 0 Å². The minimum absolute atomic E-state index is 0.197. The lowest BCUT2D eigenvalue weighted by molar-refractivity contribution is -0.111. The fraction of sp³-hybridized carbons (Fsp3) is 0.211. The summed E-state index contributed by atoms with van der Waals surface area (Å²) in [6.07, 6.45) is 8.50. The minimum Gasteiger partial charge on any atom is -0.320 e.